The highest BCUT2D eigenvalue weighted by Crippen LogP contribution is 2.25. The van der Waals surface area contributed by atoms with E-state index < -0.39 is 6.09 Å². The van der Waals surface area contributed by atoms with Gasteiger partial charge in [0, 0.05) is 51.5 Å². The quantitative estimate of drug-likeness (QED) is 0.918. The molecule has 6 heteroatoms. The summed E-state index contributed by atoms with van der Waals surface area (Å²) in [4.78, 5) is 17.2. The molecule has 2 aliphatic rings. The van der Waals surface area contributed by atoms with E-state index >= 15 is 0 Å². The third-order valence-corrected chi connectivity index (χ3v) is 4.81. The van der Waals surface area contributed by atoms with Crippen LogP contribution >= 0.6 is 0 Å². The van der Waals surface area contributed by atoms with Crippen molar-refractivity contribution in [3.8, 4) is 0 Å². The lowest BCUT2D eigenvalue weighted by atomic mass is 10.0. The van der Waals surface area contributed by atoms with Gasteiger partial charge in [0.25, 0.3) is 0 Å². The largest absolute Gasteiger partial charge is 0.465 e. The Balaban J connectivity index is 1.65. The van der Waals surface area contributed by atoms with Gasteiger partial charge in [-0.15, -0.1) is 0 Å². The van der Waals surface area contributed by atoms with Crippen LogP contribution < -0.4 is 4.90 Å². The maximum atomic E-state index is 11.0. The molecule has 1 N–H and O–H groups in total. The first-order chi connectivity index (χ1) is 11.1. The lowest BCUT2D eigenvalue weighted by molar-refractivity contribution is 0.103. The van der Waals surface area contributed by atoms with E-state index in [1.54, 1.807) is 0 Å². The minimum atomic E-state index is -0.810. The van der Waals surface area contributed by atoms with Gasteiger partial charge in [-0.05, 0) is 24.1 Å². The fourth-order valence-corrected chi connectivity index (χ4v) is 3.33. The van der Waals surface area contributed by atoms with Crippen molar-refractivity contribution in [2.75, 3.05) is 57.4 Å². The zero-order valence-electron chi connectivity index (χ0n) is 13.7. The Morgan fingerprint density at radius 3 is 2.48 bits per heavy atom. The molecule has 0 aromatic heterocycles. The molecular weight excluding hydrogens is 294 g/mol. The van der Waals surface area contributed by atoms with Crippen LogP contribution in [0, 0.1) is 6.92 Å². The van der Waals surface area contributed by atoms with E-state index in [1.807, 2.05) is 0 Å². The lowest BCUT2D eigenvalue weighted by Crippen LogP contribution is -2.47. The number of carbonyl (C=O) groups is 1. The Morgan fingerprint density at radius 1 is 1.13 bits per heavy atom. The molecule has 1 amide bonds. The zero-order valence-corrected chi connectivity index (χ0v) is 13.7. The van der Waals surface area contributed by atoms with Gasteiger partial charge in [0.05, 0.1) is 13.2 Å². The molecular formula is C17H25N3O3. The standard InChI is InChI=1S/C17H25N3O3/c1-14-15(13-18-5-7-20(8-6-18)17(21)22)3-2-4-16(14)19-9-11-23-12-10-19/h2-4H,5-13H2,1H3,(H,21,22). The number of amides is 1. The van der Waals surface area contributed by atoms with Crippen LogP contribution in [0.3, 0.4) is 0 Å². The first kappa shape index (κ1) is 16.1. The molecule has 0 unspecified atom stereocenters. The van der Waals surface area contributed by atoms with Gasteiger partial charge in [-0.3, -0.25) is 4.90 Å². The van der Waals surface area contributed by atoms with Gasteiger partial charge in [0.1, 0.15) is 0 Å². The molecule has 23 heavy (non-hydrogen) atoms. The van der Waals surface area contributed by atoms with Crippen LogP contribution in [0.5, 0.6) is 0 Å². The predicted octanol–water partition coefficient (Wildman–Crippen LogP) is 1.63. The second-order valence-corrected chi connectivity index (χ2v) is 6.21. The maximum Gasteiger partial charge on any atom is 0.407 e. The van der Waals surface area contributed by atoms with Crippen LogP contribution in [-0.2, 0) is 11.3 Å². The summed E-state index contributed by atoms with van der Waals surface area (Å²) in [5, 5.41) is 9.03. The van der Waals surface area contributed by atoms with Gasteiger partial charge in [-0.1, -0.05) is 12.1 Å². The minimum Gasteiger partial charge on any atom is -0.465 e. The van der Waals surface area contributed by atoms with Crippen molar-refractivity contribution in [2.45, 2.75) is 13.5 Å². The van der Waals surface area contributed by atoms with Crippen molar-refractivity contribution in [3.05, 3.63) is 29.3 Å². The number of hydrogen-bond acceptors (Lipinski definition) is 4. The average Bonchev–Trinajstić information content (AvgIpc) is 2.58. The molecule has 6 nitrogen and oxygen atoms in total. The number of piperazine rings is 1. The van der Waals surface area contributed by atoms with Gasteiger partial charge in [0.2, 0.25) is 0 Å². The zero-order chi connectivity index (χ0) is 16.2. The lowest BCUT2D eigenvalue weighted by Gasteiger charge is -2.34. The van der Waals surface area contributed by atoms with Crippen LogP contribution in [-0.4, -0.2) is 73.5 Å². The summed E-state index contributed by atoms with van der Waals surface area (Å²) < 4.78 is 5.44. The first-order valence-electron chi connectivity index (χ1n) is 8.26. The van der Waals surface area contributed by atoms with Crippen molar-refractivity contribution in [1.82, 2.24) is 9.80 Å². The smallest absolute Gasteiger partial charge is 0.407 e. The predicted molar refractivity (Wildman–Crippen MR) is 89.1 cm³/mol. The monoisotopic (exact) mass is 319 g/mol. The summed E-state index contributed by atoms with van der Waals surface area (Å²) in [5.74, 6) is 0. The second kappa shape index (κ2) is 7.19. The molecule has 2 heterocycles. The normalized spacial score (nSPS) is 19.9. The molecule has 126 valence electrons. The van der Waals surface area contributed by atoms with Crippen LogP contribution in [0.4, 0.5) is 10.5 Å². The fourth-order valence-electron chi connectivity index (χ4n) is 3.33. The summed E-state index contributed by atoms with van der Waals surface area (Å²) in [6.45, 7) is 9.34. The molecule has 1 aromatic rings. The molecule has 0 atom stereocenters. The number of morpholine rings is 1. The van der Waals surface area contributed by atoms with E-state index in [4.69, 9.17) is 9.84 Å². The van der Waals surface area contributed by atoms with Gasteiger partial charge in [0.15, 0.2) is 0 Å². The van der Waals surface area contributed by atoms with Crippen molar-refractivity contribution in [1.29, 1.82) is 0 Å². The topological polar surface area (TPSA) is 56.2 Å². The van der Waals surface area contributed by atoms with Gasteiger partial charge < -0.3 is 19.6 Å². The molecule has 2 fully saturated rings. The molecule has 3 rings (SSSR count). The molecule has 2 saturated heterocycles. The Hall–Kier alpha value is -1.79. The van der Waals surface area contributed by atoms with Crippen molar-refractivity contribution in [3.63, 3.8) is 0 Å². The van der Waals surface area contributed by atoms with Crippen LogP contribution in [0.25, 0.3) is 0 Å². The Morgan fingerprint density at radius 2 is 1.83 bits per heavy atom. The number of ether oxygens (including phenoxy) is 1. The Kier molecular flexibility index (Phi) is 5.03. The summed E-state index contributed by atoms with van der Waals surface area (Å²) in [7, 11) is 0. The SMILES string of the molecule is Cc1c(CN2CCN(C(=O)O)CC2)cccc1N1CCOCC1. The number of anilines is 1. The third kappa shape index (κ3) is 3.76. The summed E-state index contributed by atoms with van der Waals surface area (Å²) in [6.07, 6.45) is -0.810. The Bertz CT molecular complexity index is 550. The van der Waals surface area contributed by atoms with E-state index in [0.717, 1.165) is 45.9 Å². The number of carboxylic acid groups (broad SMARTS) is 1. The molecule has 0 aliphatic carbocycles. The molecule has 2 aliphatic heterocycles. The maximum absolute atomic E-state index is 11.0. The average molecular weight is 319 g/mol. The number of hydrogen-bond donors (Lipinski definition) is 1. The van der Waals surface area contributed by atoms with E-state index in [9.17, 15) is 4.79 Å². The summed E-state index contributed by atoms with van der Waals surface area (Å²) in [5.41, 5.74) is 3.96. The summed E-state index contributed by atoms with van der Waals surface area (Å²) in [6, 6.07) is 6.50. The van der Waals surface area contributed by atoms with Crippen LogP contribution in [0.2, 0.25) is 0 Å². The van der Waals surface area contributed by atoms with E-state index in [1.165, 1.54) is 21.7 Å². The van der Waals surface area contributed by atoms with Crippen molar-refractivity contribution >= 4 is 11.8 Å². The highest BCUT2D eigenvalue weighted by molar-refractivity contribution is 5.65. The highest BCUT2D eigenvalue weighted by Gasteiger charge is 2.21. The van der Waals surface area contributed by atoms with Gasteiger partial charge in [-0.2, -0.15) is 0 Å². The minimum absolute atomic E-state index is 0.595. The first-order valence-corrected chi connectivity index (χ1v) is 8.26. The van der Waals surface area contributed by atoms with Gasteiger partial charge in [-0.25, -0.2) is 4.79 Å². The number of benzene rings is 1. The fraction of sp³-hybridized carbons (Fsp3) is 0.588. The van der Waals surface area contributed by atoms with Crippen molar-refractivity contribution in [2.24, 2.45) is 0 Å². The van der Waals surface area contributed by atoms with E-state index in [0.29, 0.717) is 13.1 Å². The van der Waals surface area contributed by atoms with Crippen molar-refractivity contribution < 1.29 is 14.6 Å². The van der Waals surface area contributed by atoms with Crippen LogP contribution in [0.15, 0.2) is 18.2 Å². The Labute approximate surface area is 137 Å². The highest BCUT2D eigenvalue weighted by atomic mass is 16.5. The van der Waals surface area contributed by atoms with E-state index in [-0.39, 0.29) is 0 Å². The van der Waals surface area contributed by atoms with Gasteiger partial charge >= 0.3 is 6.09 Å². The number of nitrogens with zero attached hydrogens (tertiary/aromatic N) is 3. The van der Waals surface area contributed by atoms with Crippen LogP contribution in [0.1, 0.15) is 11.1 Å². The molecule has 0 radical (unpaired) electrons. The molecule has 0 saturated carbocycles. The number of rotatable bonds is 3. The molecule has 0 bridgehead atoms. The third-order valence-electron chi connectivity index (χ3n) is 4.81. The molecule has 1 aromatic carbocycles. The summed E-state index contributed by atoms with van der Waals surface area (Å²) >= 11 is 0. The second-order valence-electron chi connectivity index (χ2n) is 6.21. The molecule has 0 spiro atoms. The van der Waals surface area contributed by atoms with E-state index in [2.05, 4.69) is 34.9 Å².